The van der Waals surface area contributed by atoms with Crippen LogP contribution in [0.2, 0.25) is 0 Å². The third-order valence-corrected chi connectivity index (χ3v) is 3.97. The molecule has 1 aromatic rings. The van der Waals surface area contributed by atoms with Gasteiger partial charge in [-0.1, -0.05) is 20.8 Å². The van der Waals surface area contributed by atoms with Crippen LogP contribution in [0.15, 0.2) is 24.3 Å². The zero-order chi connectivity index (χ0) is 20.4. The Morgan fingerprint density at radius 1 is 0.963 bits per heavy atom. The van der Waals surface area contributed by atoms with E-state index in [4.69, 9.17) is 9.47 Å². The van der Waals surface area contributed by atoms with Gasteiger partial charge >= 0.3 is 5.97 Å². The number of methoxy groups -OCH3 is 2. The number of ether oxygens (including phenoxy) is 2. The third-order valence-electron chi connectivity index (χ3n) is 3.97. The average molecular weight is 378 g/mol. The molecule has 7 nitrogen and oxygen atoms in total. The lowest BCUT2D eigenvalue weighted by Crippen LogP contribution is -2.42. The summed E-state index contributed by atoms with van der Waals surface area (Å²) < 4.78 is 9.81. The Kier molecular flexibility index (Phi) is 9.33. The molecule has 2 amide bonds. The molecule has 0 heterocycles. The molecule has 2 unspecified atom stereocenters. The van der Waals surface area contributed by atoms with Gasteiger partial charge in [-0.25, -0.2) is 4.79 Å². The third kappa shape index (κ3) is 8.57. The molecule has 0 aromatic heterocycles. The minimum absolute atomic E-state index is 0.154. The van der Waals surface area contributed by atoms with Crippen LogP contribution < -0.4 is 15.4 Å². The van der Waals surface area contributed by atoms with Crippen LogP contribution in [0.25, 0.3) is 0 Å². The van der Waals surface area contributed by atoms with Crippen molar-refractivity contribution in [3.05, 3.63) is 24.3 Å². The Labute approximate surface area is 160 Å². The van der Waals surface area contributed by atoms with Gasteiger partial charge in [-0.2, -0.15) is 0 Å². The Morgan fingerprint density at radius 3 is 2.07 bits per heavy atom. The smallest absolute Gasteiger partial charge is 0.328 e. The quantitative estimate of drug-likeness (QED) is 0.611. The average Bonchev–Trinajstić information content (AvgIpc) is 2.60. The van der Waals surface area contributed by atoms with Crippen LogP contribution in [0.5, 0.6) is 5.75 Å². The molecule has 0 radical (unpaired) electrons. The number of rotatable bonds is 10. The minimum Gasteiger partial charge on any atom is -0.497 e. The monoisotopic (exact) mass is 378 g/mol. The number of nitrogens with one attached hydrogen (secondary N) is 2. The Hall–Kier alpha value is -2.57. The second-order valence-corrected chi connectivity index (χ2v) is 7.06. The molecule has 0 aliphatic heterocycles. The summed E-state index contributed by atoms with van der Waals surface area (Å²) in [6.45, 7) is 5.76. The zero-order valence-electron chi connectivity index (χ0n) is 16.7. The summed E-state index contributed by atoms with van der Waals surface area (Å²) in [5, 5.41) is 5.50. The molecule has 2 N–H and O–H groups in total. The second-order valence-electron chi connectivity index (χ2n) is 7.06. The molecule has 0 bridgehead atoms. The predicted octanol–water partition coefficient (Wildman–Crippen LogP) is 2.75. The highest BCUT2D eigenvalue weighted by Gasteiger charge is 2.23. The van der Waals surface area contributed by atoms with E-state index in [2.05, 4.69) is 10.6 Å². The molecule has 7 heteroatoms. The van der Waals surface area contributed by atoms with Crippen molar-refractivity contribution < 1.29 is 23.9 Å². The number of benzene rings is 1. The van der Waals surface area contributed by atoms with Crippen molar-refractivity contribution in [1.29, 1.82) is 0 Å². The number of anilines is 1. The molecule has 0 aliphatic rings. The largest absolute Gasteiger partial charge is 0.497 e. The van der Waals surface area contributed by atoms with Crippen molar-refractivity contribution in [2.24, 2.45) is 11.8 Å². The molecule has 2 atom stereocenters. The van der Waals surface area contributed by atoms with E-state index in [1.807, 2.05) is 20.8 Å². The Balaban J connectivity index is 2.48. The lowest BCUT2D eigenvalue weighted by molar-refractivity contribution is -0.145. The topological polar surface area (TPSA) is 93.7 Å². The van der Waals surface area contributed by atoms with Crippen molar-refractivity contribution in [3.8, 4) is 5.75 Å². The summed E-state index contributed by atoms with van der Waals surface area (Å²) in [5.41, 5.74) is 0.667. The van der Waals surface area contributed by atoms with Crippen molar-refractivity contribution in [3.63, 3.8) is 0 Å². The van der Waals surface area contributed by atoms with E-state index >= 15 is 0 Å². The van der Waals surface area contributed by atoms with Crippen molar-refractivity contribution in [1.82, 2.24) is 5.32 Å². The Morgan fingerprint density at radius 2 is 1.56 bits per heavy atom. The summed E-state index contributed by atoms with van der Waals surface area (Å²) in [6, 6.07) is 6.35. The standard InChI is InChI=1S/C20H30N2O5/c1-13(2)10-17(20(25)27-5)22-19(24)12-14(3)11-18(23)21-15-6-8-16(26-4)9-7-15/h6-9,13-14,17H,10-12H2,1-5H3,(H,21,23)(H,22,24). The summed E-state index contributed by atoms with van der Waals surface area (Å²) in [4.78, 5) is 36.1. The predicted molar refractivity (Wildman–Crippen MR) is 103 cm³/mol. The van der Waals surface area contributed by atoms with E-state index in [9.17, 15) is 14.4 Å². The molecule has 0 saturated carbocycles. The molecular weight excluding hydrogens is 348 g/mol. The molecule has 150 valence electrons. The van der Waals surface area contributed by atoms with Gasteiger partial charge in [-0.3, -0.25) is 9.59 Å². The van der Waals surface area contributed by atoms with Gasteiger partial charge < -0.3 is 20.1 Å². The van der Waals surface area contributed by atoms with Crippen molar-refractivity contribution in [2.75, 3.05) is 19.5 Å². The SMILES string of the molecule is COC(=O)C(CC(C)C)NC(=O)CC(C)CC(=O)Nc1ccc(OC)cc1. The highest BCUT2D eigenvalue weighted by molar-refractivity contribution is 5.91. The van der Waals surface area contributed by atoms with Crippen LogP contribution in [0.3, 0.4) is 0 Å². The van der Waals surface area contributed by atoms with Gasteiger partial charge in [0.25, 0.3) is 0 Å². The maximum atomic E-state index is 12.2. The van der Waals surface area contributed by atoms with Gasteiger partial charge in [0.2, 0.25) is 11.8 Å². The molecule has 0 spiro atoms. The van der Waals surface area contributed by atoms with Crippen LogP contribution in [0, 0.1) is 11.8 Å². The fourth-order valence-electron chi connectivity index (χ4n) is 2.67. The number of amides is 2. The van der Waals surface area contributed by atoms with Gasteiger partial charge in [-0.05, 0) is 42.5 Å². The summed E-state index contributed by atoms with van der Waals surface area (Å²) in [6.07, 6.45) is 0.860. The van der Waals surface area contributed by atoms with Gasteiger partial charge in [-0.15, -0.1) is 0 Å². The lowest BCUT2D eigenvalue weighted by atomic mass is 10.0. The number of hydrogen-bond acceptors (Lipinski definition) is 5. The van der Waals surface area contributed by atoms with Gasteiger partial charge in [0, 0.05) is 18.5 Å². The number of carbonyl (C=O) groups is 3. The second kappa shape index (κ2) is 11.2. The highest BCUT2D eigenvalue weighted by atomic mass is 16.5. The number of carbonyl (C=O) groups excluding carboxylic acids is 3. The van der Waals surface area contributed by atoms with E-state index < -0.39 is 12.0 Å². The van der Waals surface area contributed by atoms with Crippen LogP contribution in [-0.2, 0) is 19.1 Å². The first-order chi connectivity index (χ1) is 12.7. The van der Waals surface area contributed by atoms with E-state index in [1.54, 1.807) is 31.4 Å². The summed E-state index contributed by atoms with van der Waals surface area (Å²) in [7, 11) is 2.88. The van der Waals surface area contributed by atoms with Crippen LogP contribution in [0.4, 0.5) is 5.69 Å². The number of esters is 1. The molecule has 0 aliphatic carbocycles. The maximum Gasteiger partial charge on any atom is 0.328 e. The first kappa shape index (κ1) is 22.5. The van der Waals surface area contributed by atoms with Crippen molar-refractivity contribution >= 4 is 23.5 Å². The van der Waals surface area contributed by atoms with Crippen LogP contribution in [-0.4, -0.2) is 38.0 Å². The molecule has 1 aromatic carbocycles. The summed E-state index contributed by atoms with van der Waals surface area (Å²) >= 11 is 0. The summed E-state index contributed by atoms with van der Waals surface area (Å²) in [5.74, 6) is -0.118. The highest BCUT2D eigenvalue weighted by Crippen LogP contribution is 2.16. The van der Waals surface area contributed by atoms with E-state index in [1.165, 1.54) is 7.11 Å². The first-order valence-corrected chi connectivity index (χ1v) is 9.06. The normalized spacial score (nSPS) is 12.8. The van der Waals surface area contributed by atoms with Gasteiger partial charge in [0.05, 0.1) is 14.2 Å². The van der Waals surface area contributed by atoms with Gasteiger partial charge in [0.15, 0.2) is 0 Å². The lowest BCUT2D eigenvalue weighted by Gasteiger charge is -2.19. The fourth-order valence-corrected chi connectivity index (χ4v) is 2.67. The molecule has 0 saturated heterocycles. The molecule has 1 rings (SSSR count). The zero-order valence-corrected chi connectivity index (χ0v) is 16.7. The van der Waals surface area contributed by atoms with E-state index in [0.717, 1.165) is 0 Å². The van der Waals surface area contributed by atoms with E-state index in [-0.39, 0.29) is 36.5 Å². The number of hydrogen-bond donors (Lipinski definition) is 2. The van der Waals surface area contributed by atoms with Gasteiger partial charge in [0.1, 0.15) is 11.8 Å². The first-order valence-electron chi connectivity index (χ1n) is 9.06. The Bertz CT molecular complexity index is 628. The van der Waals surface area contributed by atoms with E-state index in [0.29, 0.717) is 17.9 Å². The van der Waals surface area contributed by atoms with Crippen LogP contribution in [0.1, 0.15) is 40.0 Å². The fraction of sp³-hybridized carbons (Fsp3) is 0.550. The molecule has 0 fully saturated rings. The minimum atomic E-state index is -0.664. The maximum absolute atomic E-state index is 12.2. The van der Waals surface area contributed by atoms with Crippen LogP contribution >= 0.6 is 0 Å². The molecule has 27 heavy (non-hydrogen) atoms. The molecular formula is C20H30N2O5. The van der Waals surface area contributed by atoms with Crippen molar-refractivity contribution in [2.45, 2.75) is 46.1 Å².